The Morgan fingerprint density at radius 2 is 2.15 bits per heavy atom. The number of hydrogen-bond acceptors (Lipinski definition) is 11. The molecule has 0 aliphatic carbocycles. The van der Waals surface area contributed by atoms with Gasteiger partial charge in [0.2, 0.25) is 0 Å². The van der Waals surface area contributed by atoms with Gasteiger partial charge in [0.15, 0.2) is 6.23 Å². The molecule has 34 heavy (non-hydrogen) atoms. The van der Waals surface area contributed by atoms with Crippen molar-refractivity contribution in [3.05, 3.63) is 47.1 Å². The molecule has 2 fully saturated rings. The molecule has 7 atom stereocenters. The molecule has 188 valence electrons. The summed E-state index contributed by atoms with van der Waals surface area (Å²) in [6, 6.07) is 0.753. The van der Waals surface area contributed by atoms with Crippen molar-refractivity contribution in [3.63, 3.8) is 0 Å². The van der Waals surface area contributed by atoms with Crippen molar-refractivity contribution < 1.29 is 43.0 Å². The van der Waals surface area contributed by atoms with Crippen LogP contribution in [0.2, 0.25) is 0 Å². The molecule has 2 aliphatic rings. The van der Waals surface area contributed by atoms with Crippen LogP contribution in [0.25, 0.3) is 0 Å². The molecule has 2 aliphatic heterocycles. The van der Waals surface area contributed by atoms with Crippen LogP contribution < -0.4 is 16.7 Å². The van der Waals surface area contributed by atoms with E-state index in [9.17, 15) is 29.3 Å². The standard InChI is InChI=1S/C19H27N4O10P/c1-9-10(2)16(23-6-5-14(20)22-18(23)27)31-13(9)8-30-34(28,29)33-19(17(25)26)7-12(24)15(21-4)11(3)32-19/h5-6,11-13,15-16,21,24H,1-2,7-8H2,3-4H3,(H,25,26)(H,28,29)(H2,20,22,27)/t11?,12?,13-,15?,16-,19?/m1/s1. The Hall–Kier alpha value is -2.42. The van der Waals surface area contributed by atoms with Crippen molar-refractivity contribution in [2.24, 2.45) is 0 Å². The molecule has 0 saturated carbocycles. The fourth-order valence-electron chi connectivity index (χ4n) is 3.84. The van der Waals surface area contributed by atoms with Gasteiger partial charge in [0.05, 0.1) is 24.9 Å². The third-order valence-electron chi connectivity index (χ3n) is 5.58. The third kappa shape index (κ3) is 5.14. The number of aromatic nitrogens is 2. The number of nitrogens with two attached hydrogens (primary N) is 1. The van der Waals surface area contributed by atoms with Gasteiger partial charge < -0.3 is 35.6 Å². The number of carbonyl (C=O) groups is 1. The van der Waals surface area contributed by atoms with Crippen molar-refractivity contribution in [1.82, 2.24) is 14.9 Å². The summed E-state index contributed by atoms with van der Waals surface area (Å²) in [5, 5.41) is 22.7. The maximum atomic E-state index is 12.6. The van der Waals surface area contributed by atoms with Gasteiger partial charge in [0.25, 0.3) is 5.79 Å². The van der Waals surface area contributed by atoms with Crippen molar-refractivity contribution in [3.8, 4) is 0 Å². The van der Waals surface area contributed by atoms with E-state index in [-0.39, 0.29) is 11.4 Å². The predicted molar refractivity (Wildman–Crippen MR) is 116 cm³/mol. The maximum Gasteiger partial charge on any atom is 0.475 e. The summed E-state index contributed by atoms with van der Waals surface area (Å²) in [6.07, 6.45) is -3.44. The van der Waals surface area contributed by atoms with Gasteiger partial charge in [0, 0.05) is 12.6 Å². The van der Waals surface area contributed by atoms with Crippen LogP contribution in [-0.2, 0) is 27.9 Å². The number of aliphatic hydroxyl groups excluding tert-OH is 1. The summed E-state index contributed by atoms with van der Waals surface area (Å²) in [5.74, 6) is -4.32. The number of nitrogen functional groups attached to an aromatic ring is 1. The highest BCUT2D eigenvalue weighted by Gasteiger charge is 2.55. The molecule has 3 rings (SSSR count). The Balaban J connectivity index is 1.71. The average molecular weight is 502 g/mol. The maximum absolute atomic E-state index is 12.6. The molecule has 0 amide bonds. The average Bonchev–Trinajstić information content (AvgIpc) is 3.00. The number of phosphoric ester groups is 1. The second-order valence-corrected chi connectivity index (χ2v) is 9.27. The SMILES string of the molecule is C=C1C(=C)[C@@H](COP(=O)(O)OC2(C(=O)O)CC(O)C(NC)C(C)O2)O[C@H]1n1ccc(N)nc1=O. The molecule has 1 aromatic heterocycles. The zero-order chi connectivity index (χ0) is 25.4. The molecule has 0 spiro atoms. The summed E-state index contributed by atoms with van der Waals surface area (Å²) in [6.45, 7) is 8.50. The lowest BCUT2D eigenvalue weighted by molar-refractivity contribution is -0.266. The van der Waals surface area contributed by atoms with E-state index in [2.05, 4.69) is 23.5 Å². The summed E-state index contributed by atoms with van der Waals surface area (Å²) >= 11 is 0. The summed E-state index contributed by atoms with van der Waals surface area (Å²) < 4.78 is 34.7. The Labute approximate surface area is 194 Å². The second kappa shape index (κ2) is 9.68. The molecular weight excluding hydrogens is 475 g/mol. The van der Waals surface area contributed by atoms with Gasteiger partial charge in [-0.05, 0) is 31.2 Å². The molecular formula is C19H27N4O10P. The van der Waals surface area contributed by atoms with Crippen molar-refractivity contribution >= 4 is 19.6 Å². The molecule has 14 nitrogen and oxygen atoms in total. The molecule has 5 unspecified atom stereocenters. The summed E-state index contributed by atoms with van der Waals surface area (Å²) in [5.41, 5.74) is 5.35. The van der Waals surface area contributed by atoms with E-state index in [0.29, 0.717) is 5.57 Å². The minimum Gasteiger partial charge on any atom is -0.477 e. The first-order valence-electron chi connectivity index (χ1n) is 10.1. The smallest absolute Gasteiger partial charge is 0.475 e. The molecule has 2 saturated heterocycles. The first kappa shape index (κ1) is 26.2. The van der Waals surface area contributed by atoms with E-state index in [1.807, 2.05) is 0 Å². The van der Waals surface area contributed by atoms with E-state index >= 15 is 0 Å². The largest absolute Gasteiger partial charge is 0.477 e. The number of carboxylic acid groups (broad SMARTS) is 1. The highest BCUT2D eigenvalue weighted by atomic mass is 31.2. The Morgan fingerprint density at radius 1 is 1.47 bits per heavy atom. The lowest BCUT2D eigenvalue weighted by Gasteiger charge is -2.43. The number of likely N-dealkylation sites (N-methyl/N-ethyl adjacent to an activating group) is 1. The number of aliphatic carboxylic acids is 1. The van der Waals surface area contributed by atoms with Crippen LogP contribution in [-0.4, -0.2) is 74.4 Å². The summed E-state index contributed by atoms with van der Waals surface area (Å²) in [7, 11) is -3.51. The third-order valence-corrected chi connectivity index (χ3v) is 6.58. The Kier molecular flexibility index (Phi) is 7.45. The Morgan fingerprint density at radius 3 is 2.71 bits per heavy atom. The number of carboxylic acids is 1. The van der Waals surface area contributed by atoms with E-state index < -0.39 is 68.9 Å². The topological polar surface area (TPSA) is 205 Å². The molecule has 6 N–H and O–H groups in total. The number of hydrogen-bond donors (Lipinski definition) is 5. The van der Waals surface area contributed by atoms with Crippen LogP contribution in [0.3, 0.4) is 0 Å². The number of aliphatic hydroxyl groups is 1. The van der Waals surface area contributed by atoms with Crippen LogP contribution in [0.1, 0.15) is 19.6 Å². The highest BCUT2D eigenvalue weighted by Crippen LogP contribution is 2.51. The van der Waals surface area contributed by atoms with Gasteiger partial charge in [-0.25, -0.2) is 18.7 Å². The Bertz CT molecular complexity index is 1080. The lowest BCUT2D eigenvalue weighted by atomic mass is 9.94. The zero-order valence-corrected chi connectivity index (χ0v) is 19.4. The normalized spacial score (nSPS) is 33.6. The molecule has 0 radical (unpaired) electrons. The molecule has 1 aromatic rings. The monoisotopic (exact) mass is 502 g/mol. The van der Waals surface area contributed by atoms with Crippen LogP contribution in [0.5, 0.6) is 0 Å². The number of nitrogens with one attached hydrogen (secondary N) is 1. The van der Waals surface area contributed by atoms with Gasteiger partial charge in [-0.1, -0.05) is 13.2 Å². The minimum atomic E-state index is -5.05. The highest BCUT2D eigenvalue weighted by molar-refractivity contribution is 7.47. The molecule has 0 bridgehead atoms. The predicted octanol–water partition coefficient (Wildman–Crippen LogP) is -0.492. The molecule has 0 aromatic carbocycles. The van der Waals surface area contributed by atoms with E-state index in [4.69, 9.17) is 24.3 Å². The molecule has 3 heterocycles. The minimum absolute atomic E-state index is 0.0136. The van der Waals surface area contributed by atoms with Gasteiger partial charge >= 0.3 is 19.5 Å². The van der Waals surface area contributed by atoms with Crippen molar-refractivity contribution in [2.75, 3.05) is 19.4 Å². The number of phosphoric acid groups is 1. The van der Waals surface area contributed by atoms with Crippen LogP contribution in [0.15, 0.2) is 41.4 Å². The van der Waals surface area contributed by atoms with Gasteiger partial charge in [0.1, 0.15) is 11.9 Å². The summed E-state index contributed by atoms with van der Waals surface area (Å²) in [4.78, 5) is 37.8. The van der Waals surface area contributed by atoms with Gasteiger partial charge in [-0.2, -0.15) is 4.98 Å². The number of nitrogens with zero attached hydrogens (tertiary/aromatic N) is 2. The van der Waals surface area contributed by atoms with E-state index in [1.165, 1.54) is 19.2 Å². The number of rotatable bonds is 8. The van der Waals surface area contributed by atoms with E-state index in [0.717, 1.165) is 4.57 Å². The quantitative estimate of drug-likeness (QED) is 0.285. The van der Waals surface area contributed by atoms with Crippen LogP contribution >= 0.6 is 7.82 Å². The van der Waals surface area contributed by atoms with Crippen molar-refractivity contribution in [1.29, 1.82) is 0 Å². The molecule has 15 heteroatoms. The van der Waals surface area contributed by atoms with E-state index in [1.54, 1.807) is 7.05 Å². The zero-order valence-electron chi connectivity index (χ0n) is 18.5. The first-order valence-corrected chi connectivity index (χ1v) is 11.6. The lowest BCUT2D eigenvalue weighted by Crippen LogP contribution is -2.61. The second-order valence-electron chi connectivity index (χ2n) is 7.89. The number of anilines is 1. The van der Waals surface area contributed by atoms with Crippen LogP contribution in [0, 0.1) is 0 Å². The van der Waals surface area contributed by atoms with Crippen LogP contribution in [0.4, 0.5) is 5.82 Å². The fourth-order valence-corrected chi connectivity index (χ4v) is 4.78. The van der Waals surface area contributed by atoms with Gasteiger partial charge in [-0.15, -0.1) is 0 Å². The first-order chi connectivity index (χ1) is 15.8. The fraction of sp³-hybridized carbons (Fsp3) is 0.526. The van der Waals surface area contributed by atoms with Crippen molar-refractivity contribution in [2.45, 2.75) is 49.7 Å². The number of ether oxygens (including phenoxy) is 2. The van der Waals surface area contributed by atoms with Gasteiger partial charge in [-0.3, -0.25) is 9.09 Å².